The zero-order chi connectivity index (χ0) is 10.6. The molecule has 0 aliphatic heterocycles. The summed E-state index contributed by atoms with van der Waals surface area (Å²) in [6.07, 6.45) is 0.794. The minimum absolute atomic E-state index is 0.0514. The van der Waals surface area contributed by atoms with Crippen molar-refractivity contribution < 1.29 is 9.90 Å². The Morgan fingerprint density at radius 3 is 2.23 bits per heavy atom. The molecule has 0 heterocycles. The van der Waals surface area contributed by atoms with Crippen molar-refractivity contribution in [1.82, 2.24) is 0 Å². The van der Waals surface area contributed by atoms with Crippen LogP contribution in [0.2, 0.25) is 0 Å². The van der Waals surface area contributed by atoms with E-state index in [9.17, 15) is 4.79 Å². The molecule has 0 saturated heterocycles. The Labute approximate surface area is 78.6 Å². The van der Waals surface area contributed by atoms with Crippen LogP contribution in [0.15, 0.2) is 0 Å². The molecule has 4 heteroatoms. The fourth-order valence-corrected chi connectivity index (χ4v) is 1.23. The van der Waals surface area contributed by atoms with Crippen molar-refractivity contribution in [2.45, 2.75) is 33.6 Å². The van der Waals surface area contributed by atoms with Crippen molar-refractivity contribution >= 4 is 11.8 Å². The summed E-state index contributed by atoms with van der Waals surface area (Å²) in [5.41, 5.74) is 4.90. The number of nitrogens with two attached hydrogens (primary N) is 1. The minimum Gasteiger partial charge on any atom is -0.481 e. The first-order chi connectivity index (χ1) is 5.75. The Balaban J connectivity index is 4.28. The third kappa shape index (κ3) is 4.50. The molecule has 0 aliphatic rings. The molecular weight excluding hydrogens is 168 g/mol. The molecule has 0 spiro atoms. The van der Waals surface area contributed by atoms with Crippen molar-refractivity contribution in [1.29, 1.82) is 5.41 Å². The molecule has 0 aromatic heterocycles. The number of amidine groups is 1. The Morgan fingerprint density at radius 2 is 2.00 bits per heavy atom. The summed E-state index contributed by atoms with van der Waals surface area (Å²) in [6.45, 7) is 5.64. The smallest absolute Gasteiger partial charge is 0.307 e. The number of aliphatic carboxylic acids is 1. The molecule has 0 radical (unpaired) electrons. The fraction of sp³-hybridized carbons (Fsp3) is 0.778. The van der Waals surface area contributed by atoms with E-state index in [1.807, 2.05) is 20.8 Å². The molecule has 76 valence electrons. The standard InChI is InChI=1S/C9H18N2O2/c1-9(2,3)6(8(12)13)4-5-7(10)11/h6H,4-5H2,1-3H3,(H3,10,11)(H,12,13). The summed E-state index contributed by atoms with van der Waals surface area (Å²) in [4.78, 5) is 10.8. The lowest BCUT2D eigenvalue weighted by atomic mass is 9.78. The van der Waals surface area contributed by atoms with Crippen molar-refractivity contribution in [2.75, 3.05) is 0 Å². The predicted molar refractivity (Wildman–Crippen MR) is 51.7 cm³/mol. The third-order valence-corrected chi connectivity index (χ3v) is 2.05. The van der Waals surface area contributed by atoms with Gasteiger partial charge in [-0.1, -0.05) is 20.8 Å². The average Bonchev–Trinajstić information content (AvgIpc) is 1.81. The molecule has 4 N–H and O–H groups in total. The lowest BCUT2D eigenvalue weighted by molar-refractivity contribution is -0.145. The lowest BCUT2D eigenvalue weighted by Gasteiger charge is -2.26. The Bertz CT molecular complexity index is 206. The molecule has 0 amide bonds. The molecule has 0 saturated carbocycles. The summed E-state index contributed by atoms with van der Waals surface area (Å²) in [7, 11) is 0. The van der Waals surface area contributed by atoms with E-state index in [0.29, 0.717) is 12.8 Å². The van der Waals surface area contributed by atoms with E-state index < -0.39 is 11.9 Å². The topological polar surface area (TPSA) is 87.2 Å². The van der Waals surface area contributed by atoms with Gasteiger partial charge in [0.25, 0.3) is 0 Å². The van der Waals surface area contributed by atoms with Gasteiger partial charge in [-0.05, 0) is 11.8 Å². The van der Waals surface area contributed by atoms with E-state index in [1.54, 1.807) is 0 Å². The SMILES string of the molecule is CC(C)(C)C(CCC(=N)N)C(=O)O. The van der Waals surface area contributed by atoms with Crippen molar-refractivity contribution in [3.8, 4) is 0 Å². The van der Waals surface area contributed by atoms with Crippen molar-refractivity contribution in [3.63, 3.8) is 0 Å². The van der Waals surface area contributed by atoms with Crippen LogP contribution in [0.25, 0.3) is 0 Å². The Kier molecular flexibility index (Phi) is 3.91. The van der Waals surface area contributed by atoms with Gasteiger partial charge in [-0.3, -0.25) is 10.2 Å². The van der Waals surface area contributed by atoms with E-state index in [0.717, 1.165) is 0 Å². The second-order valence-corrected chi connectivity index (χ2v) is 4.32. The minimum atomic E-state index is -0.811. The number of nitrogens with one attached hydrogen (secondary N) is 1. The molecule has 0 bridgehead atoms. The monoisotopic (exact) mass is 186 g/mol. The van der Waals surface area contributed by atoms with Crippen LogP contribution in [-0.4, -0.2) is 16.9 Å². The number of rotatable bonds is 4. The lowest BCUT2D eigenvalue weighted by Crippen LogP contribution is -2.29. The van der Waals surface area contributed by atoms with Crippen LogP contribution in [0.5, 0.6) is 0 Å². The number of carbonyl (C=O) groups is 1. The molecule has 1 atom stereocenters. The molecule has 0 aliphatic carbocycles. The highest BCUT2D eigenvalue weighted by Gasteiger charge is 2.30. The maximum Gasteiger partial charge on any atom is 0.307 e. The van der Waals surface area contributed by atoms with E-state index in [1.165, 1.54) is 0 Å². The van der Waals surface area contributed by atoms with Crippen LogP contribution in [0.1, 0.15) is 33.6 Å². The van der Waals surface area contributed by atoms with Gasteiger partial charge in [0.2, 0.25) is 0 Å². The highest BCUT2D eigenvalue weighted by atomic mass is 16.4. The average molecular weight is 186 g/mol. The van der Waals surface area contributed by atoms with Crippen LogP contribution >= 0.6 is 0 Å². The van der Waals surface area contributed by atoms with Gasteiger partial charge in [0.15, 0.2) is 0 Å². The first-order valence-electron chi connectivity index (χ1n) is 4.31. The summed E-state index contributed by atoms with van der Waals surface area (Å²) in [5.74, 6) is -1.19. The second kappa shape index (κ2) is 4.25. The van der Waals surface area contributed by atoms with Crippen molar-refractivity contribution in [2.24, 2.45) is 17.1 Å². The third-order valence-electron chi connectivity index (χ3n) is 2.05. The molecule has 13 heavy (non-hydrogen) atoms. The molecule has 0 rings (SSSR count). The van der Waals surface area contributed by atoms with Gasteiger partial charge in [0, 0.05) is 6.42 Å². The van der Waals surface area contributed by atoms with Gasteiger partial charge < -0.3 is 10.8 Å². The Morgan fingerprint density at radius 1 is 1.54 bits per heavy atom. The maximum atomic E-state index is 10.8. The molecule has 1 unspecified atom stereocenters. The number of carboxylic acid groups (broad SMARTS) is 1. The number of hydrogen-bond acceptors (Lipinski definition) is 2. The highest BCUT2D eigenvalue weighted by Crippen LogP contribution is 2.29. The van der Waals surface area contributed by atoms with E-state index >= 15 is 0 Å². The number of carboxylic acids is 1. The predicted octanol–water partition coefficient (Wildman–Crippen LogP) is 1.45. The van der Waals surface area contributed by atoms with Crippen LogP contribution in [-0.2, 0) is 4.79 Å². The summed E-state index contributed by atoms with van der Waals surface area (Å²) in [6, 6.07) is 0. The van der Waals surface area contributed by atoms with E-state index in [-0.39, 0.29) is 11.3 Å². The largest absolute Gasteiger partial charge is 0.481 e. The van der Waals surface area contributed by atoms with Crippen molar-refractivity contribution in [3.05, 3.63) is 0 Å². The summed E-state index contributed by atoms with van der Waals surface area (Å²) < 4.78 is 0. The van der Waals surface area contributed by atoms with Gasteiger partial charge in [-0.15, -0.1) is 0 Å². The van der Waals surface area contributed by atoms with Gasteiger partial charge in [0.05, 0.1) is 11.8 Å². The first-order valence-corrected chi connectivity index (χ1v) is 4.31. The van der Waals surface area contributed by atoms with Gasteiger partial charge in [0.1, 0.15) is 0 Å². The van der Waals surface area contributed by atoms with E-state index in [4.69, 9.17) is 16.2 Å². The molecule has 0 fully saturated rings. The first kappa shape index (κ1) is 11.9. The molecule has 0 aromatic rings. The van der Waals surface area contributed by atoms with Crippen LogP contribution < -0.4 is 5.73 Å². The zero-order valence-corrected chi connectivity index (χ0v) is 8.42. The van der Waals surface area contributed by atoms with Gasteiger partial charge in [-0.25, -0.2) is 0 Å². The van der Waals surface area contributed by atoms with Crippen LogP contribution in [0, 0.1) is 16.7 Å². The van der Waals surface area contributed by atoms with Gasteiger partial charge in [-0.2, -0.15) is 0 Å². The summed E-state index contributed by atoms with van der Waals surface area (Å²) in [5, 5.41) is 15.9. The fourth-order valence-electron chi connectivity index (χ4n) is 1.23. The Hall–Kier alpha value is -1.06. The molecule has 0 aromatic carbocycles. The molecular formula is C9H18N2O2. The molecule has 4 nitrogen and oxygen atoms in total. The second-order valence-electron chi connectivity index (χ2n) is 4.32. The van der Waals surface area contributed by atoms with Gasteiger partial charge >= 0.3 is 5.97 Å². The zero-order valence-electron chi connectivity index (χ0n) is 8.42. The van der Waals surface area contributed by atoms with Crippen LogP contribution in [0.4, 0.5) is 0 Å². The maximum absolute atomic E-state index is 10.8. The normalized spacial score (nSPS) is 13.8. The van der Waals surface area contributed by atoms with Crippen LogP contribution in [0.3, 0.4) is 0 Å². The summed E-state index contributed by atoms with van der Waals surface area (Å²) >= 11 is 0. The number of hydrogen-bond donors (Lipinski definition) is 3. The highest BCUT2D eigenvalue weighted by molar-refractivity contribution is 5.78. The quantitative estimate of drug-likeness (QED) is 0.458. The van der Waals surface area contributed by atoms with E-state index in [2.05, 4.69) is 0 Å².